The zero-order valence-corrected chi connectivity index (χ0v) is 16.8. The molecule has 4 nitrogen and oxygen atoms in total. The van der Waals surface area contributed by atoms with Crippen molar-refractivity contribution in [1.82, 2.24) is 4.90 Å². The highest BCUT2D eigenvalue weighted by molar-refractivity contribution is 5.89. The molecule has 2 aliphatic heterocycles. The number of fused-ring (bicyclic) bond motifs is 1. The van der Waals surface area contributed by atoms with Gasteiger partial charge in [0.05, 0.1) is 0 Å². The van der Waals surface area contributed by atoms with Gasteiger partial charge in [0.2, 0.25) is 5.91 Å². The van der Waals surface area contributed by atoms with Crippen LogP contribution >= 0.6 is 0 Å². The lowest BCUT2D eigenvalue weighted by Gasteiger charge is -2.38. The number of benzene rings is 2. The molecule has 0 bridgehead atoms. The van der Waals surface area contributed by atoms with E-state index in [1.54, 1.807) is 6.07 Å². The Kier molecular flexibility index (Phi) is 5.81. The molecular weight excluding hydrogens is 372 g/mol. The van der Waals surface area contributed by atoms with E-state index in [1.807, 2.05) is 6.07 Å². The van der Waals surface area contributed by atoms with Gasteiger partial charge in [-0.2, -0.15) is 0 Å². The summed E-state index contributed by atoms with van der Waals surface area (Å²) in [6.45, 7) is 5.29. The summed E-state index contributed by atoms with van der Waals surface area (Å²) in [6.07, 6.45) is 3.77. The van der Waals surface area contributed by atoms with Crippen molar-refractivity contribution in [3.63, 3.8) is 0 Å². The molecule has 0 atom stereocenters. The van der Waals surface area contributed by atoms with E-state index in [1.165, 1.54) is 24.2 Å². The Hall–Kier alpha value is -2.47. The van der Waals surface area contributed by atoms with Crippen LogP contribution in [0.4, 0.5) is 20.2 Å². The summed E-state index contributed by atoms with van der Waals surface area (Å²) in [5, 5.41) is 2.88. The lowest BCUT2D eigenvalue weighted by Crippen LogP contribution is -2.45. The summed E-state index contributed by atoms with van der Waals surface area (Å²) in [4.78, 5) is 16.2. The summed E-state index contributed by atoms with van der Waals surface area (Å²) < 4.78 is 26.9. The van der Waals surface area contributed by atoms with Crippen LogP contribution in [0.1, 0.15) is 30.9 Å². The highest BCUT2D eigenvalue weighted by Gasteiger charge is 2.29. The van der Waals surface area contributed by atoms with E-state index in [0.717, 1.165) is 57.2 Å². The summed E-state index contributed by atoms with van der Waals surface area (Å²) in [6, 6.07) is 10.5. The van der Waals surface area contributed by atoms with Crippen LogP contribution in [0.2, 0.25) is 0 Å². The van der Waals surface area contributed by atoms with Crippen LogP contribution in [0.25, 0.3) is 0 Å². The van der Waals surface area contributed by atoms with Crippen LogP contribution in [0, 0.1) is 11.6 Å². The maximum Gasteiger partial charge on any atom is 0.221 e. The molecule has 0 spiro atoms. The molecule has 1 saturated heterocycles. The van der Waals surface area contributed by atoms with Gasteiger partial charge in [0.15, 0.2) is 0 Å². The number of amides is 1. The number of carbonyl (C=O) groups is 1. The van der Waals surface area contributed by atoms with E-state index >= 15 is 0 Å². The number of nitrogens with one attached hydrogen (secondary N) is 1. The maximum atomic E-state index is 13.8. The molecule has 0 radical (unpaired) electrons. The minimum absolute atomic E-state index is 0.0552. The van der Waals surface area contributed by atoms with Gasteiger partial charge in [-0.1, -0.05) is 12.1 Å². The highest BCUT2D eigenvalue weighted by Crippen LogP contribution is 2.34. The minimum Gasteiger partial charge on any atom is -0.368 e. The summed E-state index contributed by atoms with van der Waals surface area (Å²) in [7, 11) is 0. The number of halogens is 2. The molecule has 0 saturated carbocycles. The van der Waals surface area contributed by atoms with Gasteiger partial charge in [-0.3, -0.25) is 4.79 Å². The van der Waals surface area contributed by atoms with Crippen molar-refractivity contribution in [2.75, 3.05) is 36.4 Å². The average Bonchev–Trinajstić information content (AvgIpc) is 3.10. The Bertz CT molecular complexity index is 894. The molecule has 0 aromatic heterocycles. The van der Waals surface area contributed by atoms with Crippen LogP contribution in [-0.2, 0) is 17.6 Å². The van der Waals surface area contributed by atoms with Crippen LogP contribution in [0.3, 0.4) is 0 Å². The maximum absolute atomic E-state index is 13.8. The van der Waals surface area contributed by atoms with Gasteiger partial charge in [0, 0.05) is 56.6 Å². The van der Waals surface area contributed by atoms with Crippen LogP contribution in [0.15, 0.2) is 36.4 Å². The quantitative estimate of drug-likeness (QED) is 0.826. The summed E-state index contributed by atoms with van der Waals surface area (Å²) >= 11 is 0. The molecule has 6 heteroatoms. The van der Waals surface area contributed by atoms with Gasteiger partial charge in [-0.15, -0.1) is 0 Å². The van der Waals surface area contributed by atoms with E-state index < -0.39 is 11.6 Å². The fraction of sp³-hybridized carbons (Fsp3) is 0.435. The van der Waals surface area contributed by atoms with Crippen molar-refractivity contribution in [2.24, 2.45) is 0 Å². The van der Waals surface area contributed by atoms with E-state index in [-0.39, 0.29) is 5.91 Å². The van der Waals surface area contributed by atoms with Crippen molar-refractivity contribution in [1.29, 1.82) is 0 Å². The standard InChI is InChI=1S/C23H27F2N3O/c1-16(29)26-20-5-3-18-7-13-28(23(18)15-20)21-8-11-27(12-9-21)10-6-17-2-4-19(24)14-22(17)25/h2-5,14-15,21H,6-13H2,1H3,(H,26,29). The molecule has 0 aliphatic carbocycles. The molecule has 0 unspecified atom stereocenters. The smallest absolute Gasteiger partial charge is 0.221 e. The van der Waals surface area contributed by atoms with Crippen LogP contribution in [-0.4, -0.2) is 43.0 Å². The Morgan fingerprint density at radius 2 is 1.90 bits per heavy atom. The number of rotatable bonds is 5. The molecule has 2 aliphatic rings. The Labute approximate surface area is 170 Å². The van der Waals surface area contributed by atoms with Crippen molar-refractivity contribution >= 4 is 17.3 Å². The monoisotopic (exact) mass is 399 g/mol. The third-order valence-electron chi connectivity index (χ3n) is 6.05. The number of likely N-dealkylation sites (tertiary alicyclic amines) is 1. The van der Waals surface area contributed by atoms with E-state index in [9.17, 15) is 13.6 Å². The third-order valence-corrected chi connectivity index (χ3v) is 6.05. The Morgan fingerprint density at radius 3 is 2.62 bits per heavy atom. The number of hydrogen-bond acceptors (Lipinski definition) is 3. The minimum atomic E-state index is -0.528. The van der Waals surface area contributed by atoms with Crippen molar-refractivity contribution in [3.8, 4) is 0 Å². The van der Waals surface area contributed by atoms with E-state index in [0.29, 0.717) is 18.0 Å². The van der Waals surface area contributed by atoms with Crippen molar-refractivity contribution in [2.45, 2.75) is 38.6 Å². The number of piperidine rings is 1. The fourth-order valence-electron chi connectivity index (χ4n) is 4.52. The number of anilines is 2. The molecule has 1 fully saturated rings. The lowest BCUT2D eigenvalue weighted by atomic mass is 10.0. The zero-order chi connectivity index (χ0) is 20.4. The first-order valence-electron chi connectivity index (χ1n) is 10.3. The normalized spacial score (nSPS) is 17.4. The van der Waals surface area contributed by atoms with Gasteiger partial charge < -0.3 is 15.1 Å². The first-order chi connectivity index (χ1) is 14.0. The molecular formula is C23H27F2N3O. The molecule has 1 amide bonds. The third kappa shape index (κ3) is 4.58. The Balaban J connectivity index is 1.33. The first kappa shape index (κ1) is 19.8. The highest BCUT2D eigenvalue weighted by atomic mass is 19.1. The van der Waals surface area contributed by atoms with Crippen LogP contribution < -0.4 is 10.2 Å². The Morgan fingerprint density at radius 1 is 1.10 bits per heavy atom. The second-order valence-corrected chi connectivity index (χ2v) is 8.03. The topological polar surface area (TPSA) is 35.6 Å². The molecule has 2 heterocycles. The molecule has 154 valence electrons. The van der Waals surface area contributed by atoms with Gasteiger partial charge in [-0.05, 0) is 55.0 Å². The van der Waals surface area contributed by atoms with Gasteiger partial charge in [0.25, 0.3) is 0 Å². The van der Waals surface area contributed by atoms with Crippen molar-refractivity contribution in [3.05, 3.63) is 59.2 Å². The van der Waals surface area contributed by atoms with E-state index in [2.05, 4.69) is 27.2 Å². The van der Waals surface area contributed by atoms with E-state index in [4.69, 9.17) is 0 Å². The predicted molar refractivity (Wildman–Crippen MR) is 111 cm³/mol. The van der Waals surface area contributed by atoms with Crippen LogP contribution in [0.5, 0.6) is 0 Å². The number of hydrogen-bond donors (Lipinski definition) is 1. The molecule has 4 rings (SSSR count). The fourth-order valence-corrected chi connectivity index (χ4v) is 4.52. The van der Waals surface area contributed by atoms with Crippen molar-refractivity contribution < 1.29 is 13.6 Å². The number of carbonyl (C=O) groups excluding carboxylic acids is 1. The zero-order valence-electron chi connectivity index (χ0n) is 16.8. The molecule has 2 aromatic rings. The van der Waals surface area contributed by atoms with Gasteiger partial charge >= 0.3 is 0 Å². The average molecular weight is 399 g/mol. The second kappa shape index (κ2) is 8.49. The molecule has 2 aromatic carbocycles. The summed E-state index contributed by atoms with van der Waals surface area (Å²) in [5.74, 6) is -1.04. The predicted octanol–water partition coefficient (Wildman–Crippen LogP) is 3.99. The van der Waals surface area contributed by atoms with Gasteiger partial charge in [0.1, 0.15) is 11.6 Å². The SMILES string of the molecule is CC(=O)Nc1ccc2c(c1)N(C1CCN(CCc3ccc(F)cc3F)CC1)CC2. The number of nitrogens with zero attached hydrogens (tertiary/aromatic N) is 2. The largest absolute Gasteiger partial charge is 0.368 e. The lowest BCUT2D eigenvalue weighted by molar-refractivity contribution is -0.114. The second-order valence-electron chi connectivity index (χ2n) is 8.03. The van der Waals surface area contributed by atoms with Gasteiger partial charge in [-0.25, -0.2) is 8.78 Å². The summed E-state index contributed by atoms with van der Waals surface area (Å²) in [5.41, 5.74) is 4.01. The first-order valence-corrected chi connectivity index (χ1v) is 10.3. The molecule has 29 heavy (non-hydrogen) atoms. The molecule has 1 N–H and O–H groups in total.